The highest BCUT2D eigenvalue weighted by atomic mass is 19.1. The number of pyridine rings is 1. The van der Waals surface area contributed by atoms with Gasteiger partial charge in [0, 0.05) is 68.1 Å². The fourth-order valence-electron chi connectivity index (χ4n) is 7.08. The maximum Gasteiger partial charge on any atom is 0.410 e. The van der Waals surface area contributed by atoms with Crippen molar-refractivity contribution >= 4 is 23.6 Å². The second-order valence-corrected chi connectivity index (χ2v) is 15.1. The van der Waals surface area contributed by atoms with Gasteiger partial charge in [-0.25, -0.2) is 9.18 Å². The molecule has 3 aromatic rings. The third-order valence-corrected chi connectivity index (χ3v) is 9.65. The Kier molecular flexibility index (Phi) is 9.17. The van der Waals surface area contributed by atoms with Gasteiger partial charge in [0.2, 0.25) is 11.8 Å². The normalized spacial score (nSPS) is 20.2. The molecule has 6 rings (SSSR count). The first-order valence-corrected chi connectivity index (χ1v) is 16.8. The van der Waals surface area contributed by atoms with Crippen LogP contribution in [0, 0.1) is 5.82 Å². The standard InChI is InChI=1S/C38H46FN5O5/c1-24-18-41(22-34(45)44-23-38(5,6)31-17-40-29(16-32(31)44)14-25-8-11-28(39)12-9-25)33(21-43(24)36(47)49-37(2,3)4)35(46)42-19-26-10-13-30(48-7)15-27(26)20-42/h8-13,15-17,24,33H,14,18-23H2,1-7H3/t24-,33+/m1/s1. The van der Waals surface area contributed by atoms with E-state index >= 15 is 0 Å². The van der Waals surface area contributed by atoms with Crippen molar-refractivity contribution in [1.29, 1.82) is 0 Å². The zero-order valence-electron chi connectivity index (χ0n) is 29.5. The molecule has 3 aliphatic rings. The number of halogens is 1. The van der Waals surface area contributed by atoms with Crippen LogP contribution in [0.3, 0.4) is 0 Å². The van der Waals surface area contributed by atoms with Gasteiger partial charge in [-0.15, -0.1) is 0 Å². The molecular weight excluding hydrogens is 625 g/mol. The topological polar surface area (TPSA) is 95.5 Å². The number of fused-ring (bicyclic) bond motifs is 2. The van der Waals surface area contributed by atoms with Crippen LogP contribution in [0.4, 0.5) is 14.9 Å². The van der Waals surface area contributed by atoms with Crippen LogP contribution in [0.15, 0.2) is 54.7 Å². The summed E-state index contributed by atoms with van der Waals surface area (Å²) in [5.74, 6) is 0.164. The highest BCUT2D eigenvalue weighted by molar-refractivity contribution is 5.98. The van der Waals surface area contributed by atoms with Crippen LogP contribution in [0.25, 0.3) is 0 Å². The average Bonchev–Trinajstić information content (AvgIpc) is 3.58. The predicted molar refractivity (Wildman–Crippen MR) is 184 cm³/mol. The van der Waals surface area contributed by atoms with Gasteiger partial charge < -0.3 is 24.2 Å². The fourth-order valence-corrected chi connectivity index (χ4v) is 7.08. The number of aromatic nitrogens is 1. The Morgan fingerprint density at radius 3 is 2.41 bits per heavy atom. The summed E-state index contributed by atoms with van der Waals surface area (Å²) in [5, 5.41) is 0. The molecular formula is C38H46FN5O5. The molecule has 1 aromatic heterocycles. The zero-order chi connectivity index (χ0) is 35.2. The third-order valence-electron chi connectivity index (χ3n) is 9.65. The molecule has 2 aromatic carbocycles. The summed E-state index contributed by atoms with van der Waals surface area (Å²) in [7, 11) is 1.62. The predicted octanol–water partition coefficient (Wildman–Crippen LogP) is 5.30. The Hall–Kier alpha value is -4.51. The molecule has 2 atom stereocenters. The van der Waals surface area contributed by atoms with Gasteiger partial charge in [0.05, 0.1) is 19.3 Å². The van der Waals surface area contributed by atoms with Crippen molar-refractivity contribution in [2.24, 2.45) is 0 Å². The Labute approximate surface area is 287 Å². The number of anilines is 1. The van der Waals surface area contributed by atoms with E-state index in [1.807, 2.05) is 63.1 Å². The Balaban J connectivity index is 1.25. The number of hydrogen-bond donors (Lipinski definition) is 0. The van der Waals surface area contributed by atoms with Crippen LogP contribution in [-0.2, 0) is 39.3 Å². The van der Waals surface area contributed by atoms with E-state index in [4.69, 9.17) is 14.5 Å². The van der Waals surface area contributed by atoms with E-state index in [1.54, 1.807) is 33.9 Å². The van der Waals surface area contributed by atoms with E-state index < -0.39 is 17.7 Å². The molecule has 0 saturated carbocycles. The van der Waals surface area contributed by atoms with Crippen molar-refractivity contribution in [2.45, 2.75) is 84.2 Å². The molecule has 49 heavy (non-hydrogen) atoms. The highest BCUT2D eigenvalue weighted by Crippen LogP contribution is 2.41. The summed E-state index contributed by atoms with van der Waals surface area (Å²) in [6.45, 7) is 13.3. The lowest BCUT2D eigenvalue weighted by molar-refractivity contribution is -0.142. The van der Waals surface area contributed by atoms with Crippen LogP contribution in [0.2, 0.25) is 0 Å². The monoisotopic (exact) mass is 671 g/mol. The molecule has 3 amide bonds. The molecule has 0 unspecified atom stereocenters. The number of piperazine rings is 1. The van der Waals surface area contributed by atoms with Gasteiger partial charge in [0.15, 0.2) is 0 Å². The maximum absolute atomic E-state index is 14.4. The Morgan fingerprint density at radius 1 is 1.00 bits per heavy atom. The van der Waals surface area contributed by atoms with E-state index in [-0.39, 0.29) is 42.2 Å². The molecule has 0 bridgehead atoms. The number of methoxy groups -OCH3 is 1. The van der Waals surface area contributed by atoms with E-state index in [1.165, 1.54) is 12.1 Å². The van der Waals surface area contributed by atoms with Gasteiger partial charge in [-0.1, -0.05) is 32.0 Å². The van der Waals surface area contributed by atoms with E-state index in [0.29, 0.717) is 32.6 Å². The number of hydrogen-bond acceptors (Lipinski definition) is 7. The Bertz CT molecular complexity index is 1750. The van der Waals surface area contributed by atoms with Crippen molar-refractivity contribution in [2.75, 3.05) is 38.2 Å². The molecule has 0 spiro atoms. The van der Waals surface area contributed by atoms with Gasteiger partial charge >= 0.3 is 6.09 Å². The first-order chi connectivity index (χ1) is 23.1. The Morgan fingerprint density at radius 2 is 1.71 bits per heavy atom. The van der Waals surface area contributed by atoms with Crippen molar-refractivity contribution in [3.63, 3.8) is 0 Å². The van der Waals surface area contributed by atoms with Crippen LogP contribution in [0.5, 0.6) is 5.75 Å². The average molecular weight is 672 g/mol. The SMILES string of the molecule is COc1ccc2c(c1)CN(C(=O)[C@@H]1CN(C(=O)OC(C)(C)C)[C@H](C)CN1CC(=O)N1CC(C)(C)c3cnc(Cc4ccc(F)cc4)cc31)C2. The molecule has 1 fully saturated rings. The number of rotatable bonds is 6. The molecule has 0 radical (unpaired) electrons. The minimum atomic E-state index is -0.745. The number of amides is 3. The van der Waals surface area contributed by atoms with Gasteiger partial charge in [-0.05, 0) is 74.7 Å². The minimum Gasteiger partial charge on any atom is -0.497 e. The lowest BCUT2D eigenvalue weighted by Crippen LogP contribution is -2.64. The number of benzene rings is 2. The molecule has 1 saturated heterocycles. The molecule has 0 aliphatic carbocycles. The van der Waals surface area contributed by atoms with E-state index in [2.05, 4.69) is 13.8 Å². The first-order valence-electron chi connectivity index (χ1n) is 16.8. The van der Waals surface area contributed by atoms with Crippen LogP contribution in [0.1, 0.15) is 69.5 Å². The largest absolute Gasteiger partial charge is 0.497 e. The molecule has 260 valence electrons. The fraction of sp³-hybridized carbons (Fsp3) is 0.474. The highest BCUT2D eigenvalue weighted by Gasteiger charge is 2.45. The number of carbonyl (C=O) groups is 3. The van der Waals surface area contributed by atoms with Crippen LogP contribution < -0.4 is 9.64 Å². The molecule has 3 aliphatic heterocycles. The molecule has 4 heterocycles. The quantitative estimate of drug-likeness (QED) is 0.351. The van der Waals surface area contributed by atoms with Crippen LogP contribution >= 0.6 is 0 Å². The molecule has 10 nitrogen and oxygen atoms in total. The summed E-state index contributed by atoms with van der Waals surface area (Å²) >= 11 is 0. The van der Waals surface area contributed by atoms with Gasteiger partial charge in [0.25, 0.3) is 0 Å². The summed E-state index contributed by atoms with van der Waals surface area (Å²) in [5.41, 5.74) is 4.52. The minimum absolute atomic E-state index is 0.00263. The van der Waals surface area contributed by atoms with Crippen molar-refractivity contribution < 1.29 is 28.2 Å². The second kappa shape index (κ2) is 13.1. The van der Waals surface area contributed by atoms with E-state index in [9.17, 15) is 18.8 Å². The van der Waals surface area contributed by atoms with Crippen molar-refractivity contribution in [3.05, 3.63) is 88.5 Å². The van der Waals surface area contributed by atoms with Crippen LogP contribution in [-0.4, -0.2) is 88.6 Å². The maximum atomic E-state index is 14.4. The third kappa shape index (κ3) is 7.27. The first kappa shape index (κ1) is 34.4. The summed E-state index contributed by atoms with van der Waals surface area (Å²) in [4.78, 5) is 53.8. The number of nitrogens with zero attached hydrogens (tertiary/aromatic N) is 5. The number of carbonyl (C=O) groups excluding carboxylic acids is 3. The van der Waals surface area contributed by atoms with Gasteiger partial charge in [-0.3, -0.25) is 19.5 Å². The second-order valence-electron chi connectivity index (χ2n) is 15.1. The number of ether oxygens (including phenoxy) is 2. The van der Waals surface area contributed by atoms with Gasteiger partial charge in [0.1, 0.15) is 23.2 Å². The summed E-state index contributed by atoms with van der Waals surface area (Å²) in [6, 6.07) is 13.1. The summed E-state index contributed by atoms with van der Waals surface area (Å²) < 4.78 is 24.6. The summed E-state index contributed by atoms with van der Waals surface area (Å²) in [6.07, 6.45) is 1.87. The van der Waals surface area contributed by atoms with Crippen molar-refractivity contribution in [1.82, 2.24) is 19.7 Å². The lowest BCUT2D eigenvalue weighted by Gasteiger charge is -2.45. The smallest absolute Gasteiger partial charge is 0.410 e. The van der Waals surface area contributed by atoms with E-state index in [0.717, 1.165) is 39.4 Å². The lowest BCUT2D eigenvalue weighted by atomic mass is 9.88. The molecule has 0 N–H and O–H groups in total. The van der Waals surface area contributed by atoms with Gasteiger partial charge in [-0.2, -0.15) is 0 Å². The zero-order valence-corrected chi connectivity index (χ0v) is 29.5. The van der Waals surface area contributed by atoms with Crippen molar-refractivity contribution in [3.8, 4) is 5.75 Å². The molecule has 11 heteroatoms.